The molecule has 1 atom stereocenters. The van der Waals surface area contributed by atoms with Gasteiger partial charge in [0, 0.05) is 11.6 Å². The number of benzene rings is 1. The molecule has 1 fully saturated rings. The third-order valence-corrected chi connectivity index (χ3v) is 3.54. The van der Waals surface area contributed by atoms with Crippen LogP contribution >= 0.6 is 0 Å². The summed E-state index contributed by atoms with van der Waals surface area (Å²) in [5.41, 5.74) is 2.43. The van der Waals surface area contributed by atoms with Crippen molar-refractivity contribution >= 4 is 0 Å². The standard InChI is InChI=1S/C15H23NO/c1-11(2)5-6-12-7-8-15(17)13(10-12)14-4-3-9-16-14/h7-8,10-11,14,16-17H,3-6,9H2,1-2H3/t14-/m1/s1. The lowest BCUT2D eigenvalue weighted by Gasteiger charge is -2.14. The van der Waals surface area contributed by atoms with Crippen molar-refractivity contribution < 1.29 is 5.11 Å². The molecule has 0 saturated carbocycles. The third-order valence-electron chi connectivity index (χ3n) is 3.54. The van der Waals surface area contributed by atoms with Crippen LogP contribution in [0.5, 0.6) is 5.75 Å². The molecule has 1 heterocycles. The molecule has 1 saturated heterocycles. The number of phenolic OH excluding ortho intramolecular Hbond substituents is 1. The van der Waals surface area contributed by atoms with Crippen molar-refractivity contribution in [1.82, 2.24) is 5.32 Å². The Hall–Kier alpha value is -1.02. The van der Waals surface area contributed by atoms with E-state index in [2.05, 4.69) is 31.3 Å². The molecule has 1 aliphatic rings. The minimum Gasteiger partial charge on any atom is -0.508 e. The Morgan fingerprint density at radius 1 is 1.41 bits per heavy atom. The number of hydrogen-bond acceptors (Lipinski definition) is 2. The maximum absolute atomic E-state index is 9.93. The Kier molecular flexibility index (Phi) is 4.06. The van der Waals surface area contributed by atoms with Crippen LogP contribution in [0, 0.1) is 5.92 Å². The van der Waals surface area contributed by atoms with Gasteiger partial charge in [-0.15, -0.1) is 0 Å². The summed E-state index contributed by atoms with van der Waals surface area (Å²) < 4.78 is 0. The normalized spacial score (nSPS) is 20.1. The van der Waals surface area contributed by atoms with Crippen molar-refractivity contribution in [2.24, 2.45) is 5.92 Å². The molecule has 0 spiro atoms. The molecule has 0 radical (unpaired) electrons. The van der Waals surface area contributed by atoms with Gasteiger partial charge in [0.15, 0.2) is 0 Å². The fourth-order valence-corrected chi connectivity index (χ4v) is 2.44. The van der Waals surface area contributed by atoms with E-state index in [4.69, 9.17) is 0 Å². The summed E-state index contributed by atoms with van der Waals surface area (Å²) in [7, 11) is 0. The topological polar surface area (TPSA) is 32.3 Å². The van der Waals surface area contributed by atoms with Crippen LogP contribution in [0.25, 0.3) is 0 Å². The number of aromatic hydroxyl groups is 1. The average molecular weight is 233 g/mol. The van der Waals surface area contributed by atoms with Crippen LogP contribution in [0.1, 0.15) is 50.3 Å². The maximum atomic E-state index is 9.93. The lowest BCUT2D eigenvalue weighted by Crippen LogP contribution is -2.13. The zero-order valence-electron chi connectivity index (χ0n) is 10.9. The van der Waals surface area contributed by atoms with E-state index in [0.29, 0.717) is 11.8 Å². The molecular formula is C15H23NO. The molecule has 1 aromatic carbocycles. The van der Waals surface area contributed by atoms with E-state index in [1.807, 2.05) is 6.07 Å². The number of hydrogen-bond donors (Lipinski definition) is 2. The number of rotatable bonds is 4. The summed E-state index contributed by atoms with van der Waals surface area (Å²) in [4.78, 5) is 0. The van der Waals surface area contributed by atoms with E-state index in [1.54, 1.807) is 0 Å². The molecule has 2 nitrogen and oxygen atoms in total. The van der Waals surface area contributed by atoms with Crippen LogP contribution < -0.4 is 5.32 Å². The molecule has 2 N–H and O–H groups in total. The quantitative estimate of drug-likeness (QED) is 0.835. The largest absolute Gasteiger partial charge is 0.508 e. The molecule has 1 aliphatic heterocycles. The first-order valence-corrected chi connectivity index (χ1v) is 6.72. The van der Waals surface area contributed by atoms with Gasteiger partial charge in [0.1, 0.15) is 5.75 Å². The predicted octanol–water partition coefficient (Wildman–Crippen LogP) is 3.41. The van der Waals surface area contributed by atoms with E-state index < -0.39 is 0 Å². The molecule has 0 aromatic heterocycles. The highest BCUT2D eigenvalue weighted by molar-refractivity contribution is 5.39. The molecular weight excluding hydrogens is 210 g/mol. The predicted molar refractivity (Wildman–Crippen MR) is 71.2 cm³/mol. The van der Waals surface area contributed by atoms with E-state index in [0.717, 1.165) is 30.9 Å². The molecule has 2 heteroatoms. The van der Waals surface area contributed by atoms with Crippen molar-refractivity contribution in [1.29, 1.82) is 0 Å². The van der Waals surface area contributed by atoms with Gasteiger partial charge in [-0.25, -0.2) is 0 Å². The van der Waals surface area contributed by atoms with Crippen LogP contribution in [0.4, 0.5) is 0 Å². The highest BCUT2D eigenvalue weighted by atomic mass is 16.3. The molecule has 0 aliphatic carbocycles. The Bertz CT molecular complexity index is 367. The average Bonchev–Trinajstić information content (AvgIpc) is 2.81. The highest BCUT2D eigenvalue weighted by Crippen LogP contribution is 2.31. The Morgan fingerprint density at radius 2 is 2.24 bits per heavy atom. The SMILES string of the molecule is CC(C)CCc1ccc(O)c([C@H]2CCCN2)c1. The lowest BCUT2D eigenvalue weighted by molar-refractivity contribution is 0.456. The van der Waals surface area contributed by atoms with Gasteiger partial charge in [-0.05, 0) is 49.8 Å². The van der Waals surface area contributed by atoms with Gasteiger partial charge in [0.25, 0.3) is 0 Å². The molecule has 2 rings (SSSR count). The highest BCUT2D eigenvalue weighted by Gasteiger charge is 2.19. The first-order chi connectivity index (χ1) is 8.16. The van der Waals surface area contributed by atoms with Crippen molar-refractivity contribution in [3.8, 4) is 5.75 Å². The molecule has 17 heavy (non-hydrogen) atoms. The monoisotopic (exact) mass is 233 g/mol. The Morgan fingerprint density at radius 3 is 2.88 bits per heavy atom. The first kappa shape index (κ1) is 12.4. The van der Waals surface area contributed by atoms with E-state index >= 15 is 0 Å². The molecule has 1 aromatic rings. The summed E-state index contributed by atoms with van der Waals surface area (Å²) >= 11 is 0. The summed E-state index contributed by atoms with van der Waals surface area (Å²) in [6.07, 6.45) is 4.67. The smallest absolute Gasteiger partial charge is 0.120 e. The number of phenols is 1. The van der Waals surface area contributed by atoms with Gasteiger partial charge in [0.2, 0.25) is 0 Å². The molecule has 0 unspecified atom stereocenters. The van der Waals surface area contributed by atoms with E-state index in [1.165, 1.54) is 18.4 Å². The number of aryl methyl sites for hydroxylation is 1. The molecule has 0 bridgehead atoms. The Labute approximate surface area is 104 Å². The third kappa shape index (κ3) is 3.22. The van der Waals surface area contributed by atoms with Crippen LogP contribution in [0.3, 0.4) is 0 Å². The van der Waals surface area contributed by atoms with Gasteiger partial charge in [-0.2, -0.15) is 0 Å². The van der Waals surface area contributed by atoms with Crippen LogP contribution in [-0.2, 0) is 6.42 Å². The van der Waals surface area contributed by atoms with Crippen molar-refractivity contribution in [3.63, 3.8) is 0 Å². The zero-order valence-corrected chi connectivity index (χ0v) is 10.9. The van der Waals surface area contributed by atoms with Gasteiger partial charge >= 0.3 is 0 Å². The lowest BCUT2D eigenvalue weighted by atomic mass is 9.97. The van der Waals surface area contributed by atoms with Crippen LogP contribution in [-0.4, -0.2) is 11.7 Å². The summed E-state index contributed by atoms with van der Waals surface area (Å²) in [5.74, 6) is 1.18. The van der Waals surface area contributed by atoms with Crippen molar-refractivity contribution in [2.75, 3.05) is 6.54 Å². The van der Waals surface area contributed by atoms with Gasteiger partial charge in [0.05, 0.1) is 0 Å². The minimum absolute atomic E-state index is 0.356. The summed E-state index contributed by atoms with van der Waals surface area (Å²) in [5, 5.41) is 13.4. The van der Waals surface area contributed by atoms with Crippen LogP contribution in [0.15, 0.2) is 18.2 Å². The molecule has 0 amide bonds. The second-order valence-electron chi connectivity index (χ2n) is 5.47. The molecule has 94 valence electrons. The van der Waals surface area contributed by atoms with Crippen molar-refractivity contribution in [2.45, 2.75) is 45.6 Å². The summed E-state index contributed by atoms with van der Waals surface area (Å²) in [6.45, 7) is 5.57. The van der Waals surface area contributed by atoms with Crippen molar-refractivity contribution in [3.05, 3.63) is 29.3 Å². The summed E-state index contributed by atoms with van der Waals surface area (Å²) in [6, 6.07) is 6.44. The van der Waals surface area contributed by atoms with Gasteiger partial charge in [-0.1, -0.05) is 26.0 Å². The van der Waals surface area contributed by atoms with E-state index in [9.17, 15) is 5.11 Å². The van der Waals surface area contributed by atoms with E-state index in [-0.39, 0.29) is 0 Å². The number of nitrogens with one attached hydrogen (secondary N) is 1. The first-order valence-electron chi connectivity index (χ1n) is 6.72. The fourth-order valence-electron chi connectivity index (χ4n) is 2.44. The van der Waals surface area contributed by atoms with Gasteiger partial charge in [-0.3, -0.25) is 0 Å². The Balaban J connectivity index is 2.11. The second kappa shape index (κ2) is 5.54. The minimum atomic E-state index is 0.356. The maximum Gasteiger partial charge on any atom is 0.120 e. The second-order valence-corrected chi connectivity index (χ2v) is 5.47. The van der Waals surface area contributed by atoms with Gasteiger partial charge < -0.3 is 10.4 Å². The zero-order chi connectivity index (χ0) is 12.3. The fraction of sp³-hybridized carbons (Fsp3) is 0.600. The van der Waals surface area contributed by atoms with Crippen LogP contribution in [0.2, 0.25) is 0 Å².